The van der Waals surface area contributed by atoms with E-state index >= 15 is 0 Å². The second-order valence-corrected chi connectivity index (χ2v) is 6.25. The Bertz CT molecular complexity index is 375. The van der Waals surface area contributed by atoms with Crippen molar-refractivity contribution in [2.75, 3.05) is 13.1 Å². The van der Waals surface area contributed by atoms with Crippen molar-refractivity contribution in [2.45, 2.75) is 45.2 Å². The van der Waals surface area contributed by atoms with E-state index in [1.54, 1.807) is 11.3 Å². The van der Waals surface area contributed by atoms with E-state index in [4.69, 9.17) is 0 Å². The third kappa shape index (κ3) is 3.82. The topological polar surface area (TPSA) is 32.3 Å². The fourth-order valence-electron chi connectivity index (χ4n) is 2.37. The average Bonchev–Trinajstić information content (AvgIpc) is 2.96. The summed E-state index contributed by atoms with van der Waals surface area (Å²) >= 11 is 1.72. The lowest BCUT2D eigenvalue weighted by Crippen LogP contribution is -2.38. The van der Waals surface area contributed by atoms with E-state index in [0.717, 1.165) is 25.9 Å². The van der Waals surface area contributed by atoms with Crippen LogP contribution in [0.1, 0.15) is 31.6 Å². The Labute approximate surface area is 113 Å². The number of rotatable bonds is 5. The van der Waals surface area contributed by atoms with E-state index in [1.807, 2.05) is 6.07 Å². The Kier molecular flexibility index (Phi) is 4.78. The van der Waals surface area contributed by atoms with E-state index in [1.165, 1.54) is 4.88 Å². The zero-order chi connectivity index (χ0) is 13.0. The highest BCUT2D eigenvalue weighted by Crippen LogP contribution is 2.13. The number of carbonyl (C=O) groups is 1. The third-order valence-corrected chi connectivity index (χ3v) is 4.43. The van der Waals surface area contributed by atoms with Crippen LogP contribution in [0.2, 0.25) is 0 Å². The van der Waals surface area contributed by atoms with Gasteiger partial charge in [-0.05, 0) is 38.1 Å². The van der Waals surface area contributed by atoms with Crippen LogP contribution >= 0.6 is 11.3 Å². The molecular weight excluding hydrogens is 244 g/mol. The van der Waals surface area contributed by atoms with Crippen molar-refractivity contribution in [3.05, 3.63) is 22.4 Å². The molecule has 0 spiro atoms. The van der Waals surface area contributed by atoms with Gasteiger partial charge in [0.1, 0.15) is 0 Å². The van der Waals surface area contributed by atoms with Gasteiger partial charge in [-0.25, -0.2) is 0 Å². The maximum Gasteiger partial charge on any atom is 0.220 e. The van der Waals surface area contributed by atoms with Crippen LogP contribution in [0.15, 0.2) is 17.5 Å². The van der Waals surface area contributed by atoms with Gasteiger partial charge in [-0.1, -0.05) is 6.07 Å². The molecule has 1 fully saturated rings. The standard InChI is InChI=1S/C14H22N2OS/c1-11(2)16-8-7-12(10-16)15-14(17)6-5-13-4-3-9-18-13/h3-4,9,11-12H,5-8,10H2,1-2H3,(H,15,17). The Morgan fingerprint density at radius 3 is 3.06 bits per heavy atom. The second kappa shape index (κ2) is 6.34. The van der Waals surface area contributed by atoms with Crippen LogP contribution in [0.25, 0.3) is 0 Å². The molecule has 1 aromatic heterocycles. The zero-order valence-electron chi connectivity index (χ0n) is 11.2. The summed E-state index contributed by atoms with van der Waals surface area (Å²) in [5, 5.41) is 5.21. The van der Waals surface area contributed by atoms with Gasteiger partial charge in [0, 0.05) is 36.5 Å². The first-order chi connectivity index (χ1) is 8.65. The molecule has 0 aromatic carbocycles. The van der Waals surface area contributed by atoms with E-state index < -0.39 is 0 Å². The van der Waals surface area contributed by atoms with Crippen molar-refractivity contribution < 1.29 is 4.79 Å². The fourth-order valence-corrected chi connectivity index (χ4v) is 3.07. The second-order valence-electron chi connectivity index (χ2n) is 5.22. The highest BCUT2D eigenvalue weighted by Gasteiger charge is 2.24. The lowest BCUT2D eigenvalue weighted by molar-refractivity contribution is -0.121. The molecule has 4 heteroatoms. The minimum Gasteiger partial charge on any atom is -0.352 e. The molecule has 0 saturated carbocycles. The molecule has 1 aliphatic heterocycles. The summed E-state index contributed by atoms with van der Waals surface area (Å²) in [5.74, 6) is 0.194. The highest BCUT2D eigenvalue weighted by molar-refractivity contribution is 7.09. The van der Waals surface area contributed by atoms with Crippen molar-refractivity contribution in [3.8, 4) is 0 Å². The molecule has 0 aliphatic carbocycles. The van der Waals surface area contributed by atoms with Gasteiger partial charge in [-0.15, -0.1) is 11.3 Å². The monoisotopic (exact) mass is 266 g/mol. The van der Waals surface area contributed by atoms with Crippen molar-refractivity contribution in [2.24, 2.45) is 0 Å². The number of amides is 1. The maximum atomic E-state index is 11.8. The van der Waals surface area contributed by atoms with Gasteiger partial charge in [0.05, 0.1) is 0 Å². The lowest BCUT2D eigenvalue weighted by Gasteiger charge is -2.20. The molecule has 3 nitrogen and oxygen atoms in total. The summed E-state index contributed by atoms with van der Waals surface area (Å²) in [4.78, 5) is 15.6. The summed E-state index contributed by atoms with van der Waals surface area (Å²) in [6, 6.07) is 5.06. The number of likely N-dealkylation sites (tertiary alicyclic amines) is 1. The van der Waals surface area contributed by atoms with Gasteiger partial charge >= 0.3 is 0 Å². The molecule has 2 rings (SSSR count). The Hall–Kier alpha value is -0.870. The Balaban J connectivity index is 1.69. The molecule has 1 unspecified atom stereocenters. The summed E-state index contributed by atoms with van der Waals surface area (Å²) in [6.45, 7) is 6.53. The normalized spacial score (nSPS) is 20.5. The number of aryl methyl sites for hydroxylation is 1. The van der Waals surface area contributed by atoms with E-state index in [0.29, 0.717) is 18.5 Å². The summed E-state index contributed by atoms with van der Waals surface area (Å²) < 4.78 is 0. The van der Waals surface area contributed by atoms with Crippen molar-refractivity contribution >= 4 is 17.2 Å². The molecule has 1 aromatic rings. The largest absolute Gasteiger partial charge is 0.352 e. The molecular formula is C14H22N2OS. The number of carbonyl (C=O) groups excluding carboxylic acids is 1. The van der Waals surface area contributed by atoms with Crippen molar-refractivity contribution in [1.82, 2.24) is 10.2 Å². The van der Waals surface area contributed by atoms with Gasteiger partial charge in [0.15, 0.2) is 0 Å². The van der Waals surface area contributed by atoms with Crippen LogP contribution < -0.4 is 5.32 Å². The summed E-state index contributed by atoms with van der Waals surface area (Å²) in [7, 11) is 0. The first-order valence-electron chi connectivity index (χ1n) is 6.71. The van der Waals surface area contributed by atoms with Gasteiger partial charge < -0.3 is 5.32 Å². The van der Waals surface area contributed by atoms with Crippen LogP contribution in [0.5, 0.6) is 0 Å². The molecule has 18 heavy (non-hydrogen) atoms. The van der Waals surface area contributed by atoms with E-state index in [2.05, 4.69) is 35.5 Å². The number of nitrogens with one attached hydrogen (secondary N) is 1. The SMILES string of the molecule is CC(C)N1CCC(NC(=O)CCc2cccs2)C1. The molecule has 1 saturated heterocycles. The van der Waals surface area contributed by atoms with Crippen molar-refractivity contribution in [3.63, 3.8) is 0 Å². The molecule has 1 amide bonds. The van der Waals surface area contributed by atoms with Crippen molar-refractivity contribution in [1.29, 1.82) is 0 Å². The first kappa shape index (κ1) is 13.6. The number of nitrogens with zero attached hydrogens (tertiary/aromatic N) is 1. The van der Waals surface area contributed by atoms with Gasteiger partial charge in [-0.2, -0.15) is 0 Å². The lowest BCUT2D eigenvalue weighted by atomic mass is 10.2. The molecule has 1 aliphatic rings. The molecule has 1 N–H and O–H groups in total. The molecule has 1 atom stereocenters. The predicted octanol–water partition coefficient (Wildman–Crippen LogP) is 2.28. The van der Waals surface area contributed by atoms with Crippen LogP contribution in [0, 0.1) is 0 Å². The number of hydrogen-bond acceptors (Lipinski definition) is 3. The van der Waals surface area contributed by atoms with Crippen LogP contribution in [-0.4, -0.2) is 36.0 Å². The molecule has 2 heterocycles. The van der Waals surface area contributed by atoms with Crippen LogP contribution in [0.4, 0.5) is 0 Å². The first-order valence-corrected chi connectivity index (χ1v) is 7.59. The van der Waals surface area contributed by atoms with Crippen LogP contribution in [0.3, 0.4) is 0 Å². The molecule has 100 valence electrons. The Morgan fingerprint density at radius 2 is 2.44 bits per heavy atom. The maximum absolute atomic E-state index is 11.8. The quantitative estimate of drug-likeness (QED) is 0.887. The number of thiophene rings is 1. The predicted molar refractivity (Wildman–Crippen MR) is 75.9 cm³/mol. The Morgan fingerprint density at radius 1 is 1.61 bits per heavy atom. The summed E-state index contributed by atoms with van der Waals surface area (Å²) in [6.07, 6.45) is 2.56. The fraction of sp³-hybridized carbons (Fsp3) is 0.643. The average molecular weight is 266 g/mol. The van der Waals surface area contributed by atoms with Gasteiger partial charge in [0.25, 0.3) is 0 Å². The van der Waals surface area contributed by atoms with Gasteiger partial charge in [0.2, 0.25) is 5.91 Å². The highest BCUT2D eigenvalue weighted by atomic mass is 32.1. The van der Waals surface area contributed by atoms with E-state index in [-0.39, 0.29) is 5.91 Å². The molecule has 0 radical (unpaired) electrons. The minimum absolute atomic E-state index is 0.194. The van der Waals surface area contributed by atoms with Gasteiger partial charge in [-0.3, -0.25) is 9.69 Å². The van der Waals surface area contributed by atoms with E-state index in [9.17, 15) is 4.79 Å². The zero-order valence-corrected chi connectivity index (χ0v) is 12.0. The third-order valence-electron chi connectivity index (χ3n) is 3.49. The van der Waals surface area contributed by atoms with Crippen LogP contribution in [-0.2, 0) is 11.2 Å². The number of hydrogen-bond donors (Lipinski definition) is 1. The molecule has 0 bridgehead atoms. The summed E-state index contributed by atoms with van der Waals surface area (Å²) in [5.41, 5.74) is 0. The minimum atomic E-state index is 0.194. The smallest absolute Gasteiger partial charge is 0.220 e.